The Balaban J connectivity index is 2.69. The van der Waals surface area contributed by atoms with Gasteiger partial charge in [0.1, 0.15) is 5.56 Å². The maximum Gasteiger partial charge on any atom is 0.341 e. The summed E-state index contributed by atoms with van der Waals surface area (Å²) in [5.74, 6) is -0.364. The van der Waals surface area contributed by atoms with Crippen molar-refractivity contribution < 1.29 is 9.53 Å². The number of ether oxygens (including phenoxy) is 1. The van der Waals surface area contributed by atoms with Crippen molar-refractivity contribution in [2.75, 3.05) is 18.5 Å². The Hall–Kier alpha value is -1.14. The molecule has 6 heteroatoms. The Labute approximate surface area is 140 Å². The van der Waals surface area contributed by atoms with Gasteiger partial charge in [0.05, 0.1) is 17.8 Å². The van der Waals surface area contributed by atoms with Crippen LogP contribution >= 0.6 is 31.9 Å². The first-order chi connectivity index (χ1) is 10.1. The van der Waals surface area contributed by atoms with Crippen LogP contribution in [-0.2, 0) is 4.74 Å². The average Bonchev–Trinajstić information content (AvgIpc) is 2.48. The van der Waals surface area contributed by atoms with E-state index < -0.39 is 0 Å². The fourth-order valence-corrected chi connectivity index (χ4v) is 2.98. The molecule has 0 aliphatic heterocycles. The van der Waals surface area contributed by atoms with E-state index in [2.05, 4.69) is 49.1 Å². The molecule has 0 saturated carbocycles. The normalized spacial score (nSPS) is 10.7. The lowest BCUT2D eigenvalue weighted by Gasteiger charge is -2.15. The Bertz CT molecular complexity index is 674. The molecule has 0 amide bonds. The van der Waals surface area contributed by atoms with Crippen LogP contribution in [0.25, 0.3) is 10.9 Å². The van der Waals surface area contributed by atoms with Gasteiger partial charge in [-0.25, -0.2) is 4.79 Å². The topological polar surface area (TPSA) is 51.2 Å². The molecule has 1 aromatic heterocycles. The highest BCUT2D eigenvalue weighted by Gasteiger charge is 2.19. The van der Waals surface area contributed by atoms with E-state index in [0.717, 1.165) is 38.5 Å². The molecule has 0 radical (unpaired) electrons. The largest absolute Gasteiger partial charge is 0.462 e. The molecule has 0 aliphatic carbocycles. The number of anilines is 1. The Morgan fingerprint density at radius 2 is 2.00 bits per heavy atom. The maximum absolute atomic E-state index is 12.1. The number of nitrogens with zero attached hydrogens (tertiary/aromatic N) is 1. The molecule has 4 nitrogen and oxygen atoms in total. The fourth-order valence-electron chi connectivity index (χ4n) is 2.03. The van der Waals surface area contributed by atoms with Crippen LogP contribution in [0.1, 0.15) is 30.6 Å². The summed E-state index contributed by atoms with van der Waals surface area (Å²) in [4.78, 5) is 16.5. The second kappa shape index (κ2) is 7.22. The predicted molar refractivity (Wildman–Crippen MR) is 91.9 cm³/mol. The molecular weight excluding hydrogens is 400 g/mol. The summed E-state index contributed by atoms with van der Waals surface area (Å²) in [6.07, 6.45) is 2.52. The zero-order valence-corrected chi connectivity index (χ0v) is 15.0. The summed E-state index contributed by atoms with van der Waals surface area (Å²) in [5.41, 5.74) is 2.01. The van der Waals surface area contributed by atoms with Crippen LogP contribution in [0.5, 0.6) is 0 Å². The van der Waals surface area contributed by atoms with Gasteiger partial charge in [-0.05, 0) is 41.4 Å². The number of carbonyl (C=O) groups excluding carboxylic acids is 1. The molecule has 112 valence electrons. The van der Waals surface area contributed by atoms with Gasteiger partial charge in [0.2, 0.25) is 0 Å². The van der Waals surface area contributed by atoms with Crippen LogP contribution in [0.2, 0.25) is 0 Å². The minimum Gasteiger partial charge on any atom is -0.462 e. The van der Waals surface area contributed by atoms with E-state index in [1.165, 1.54) is 0 Å². The van der Waals surface area contributed by atoms with Crippen LogP contribution in [0.15, 0.2) is 27.3 Å². The summed E-state index contributed by atoms with van der Waals surface area (Å²) in [5, 5.41) is 4.20. The predicted octanol–water partition coefficient (Wildman–Crippen LogP) is 4.76. The lowest BCUT2D eigenvalue weighted by atomic mass is 10.1. The SMILES string of the molecule is CCCNc1c(C(=O)OCC)cnc2c(Br)ccc(Br)c12. The van der Waals surface area contributed by atoms with Gasteiger partial charge in [-0.15, -0.1) is 0 Å². The maximum atomic E-state index is 12.1. The van der Waals surface area contributed by atoms with E-state index in [-0.39, 0.29) is 5.97 Å². The molecule has 0 bridgehead atoms. The molecular formula is C15H16Br2N2O2. The van der Waals surface area contributed by atoms with Crippen molar-refractivity contribution in [1.82, 2.24) is 4.98 Å². The number of nitrogens with one attached hydrogen (secondary N) is 1. The fraction of sp³-hybridized carbons (Fsp3) is 0.333. The summed E-state index contributed by atoms with van der Waals surface area (Å²) in [6, 6.07) is 3.85. The van der Waals surface area contributed by atoms with Crippen molar-refractivity contribution in [1.29, 1.82) is 0 Å². The van der Waals surface area contributed by atoms with E-state index in [0.29, 0.717) is 12.2 Å². The molecule has 0 saturated heterocycles. The first-order valence-electron chi connectivity index (χ1n) is 6.77. The number of fused-ring (bicyclic) bond motifs is 1. The minimum atomic E-state index is -0.364. The minimum absolute atomic E-state index is 0.337. The lowest BCUT2D eigenvalue weighted by molar-refractivity contribution is 0.0527. The third-order valence-corrected chi connectivity index (χ3v) is 4.27. The number of esters is 1. The van der Waals surface area contributed by atoms with Gasteiger partial charge < -0.3 is 10.1 Å². The van der Waals surface area contributed by atoms with E-state index >= 15 is 0 Å². The Morgan fingerprint density at radius 1 is 1.29 bits per heavy atom. The molecule has 0 atom stereocenters. The van der Waals surface area contributed by atoms with Crippen molar-refractivity contribution in [3.8, 4) is 0 Å². The molecule has 0 spiro atoms. The average molecular weight is 416 g/mol. The van der Waals surface area contributed by atoms with E-state index in [1.54, 1.807) is 13.1 Å². The zero-order chi connectivity index (χ0) is 15.4. The number of pyridine rings is 1. The van der Waals surface area contributed by atoms with Crippen LogP contribution < -0.4 is 5.32 Å². The molecule has 1 N–H and O–H groups in total. The molecule has 21 heavy (non-hydrogen) atoms. The summed E-state index contributed by atoms with van der Waals surface area (Å²) < 4.78 is 6.89. The molecule has 1 heterocycles. The molecule has 0 unspecified atom stereocenters. The zero-order valence-electron chi connectivity index (χ0n) is 11.9. The number of benzene rings is 1. The van der Waals surface area contributed by atoms with Crippen LogP contribution in [-0.4, -0.2) is 24.1 Å². The monoisotopic (exact) mass is 414 g/mol. The van der Waals surface area contributed by atoms with Gasteiger partial charge >= 0.3 is 5.97 Å². The van der Waals surface area contributed by atoms with Gasteiger partial charge in [-0.2, -0.15) is 0 Å². The van der Waals surface area contributed by atoms with E-state index in [1.807, 2.05) is 12.1 Å². The van der Waals surface area contributed by atoms with Gasteiger partial charge in [0, 0.05) is 27.1 Å². The number of aromatic nitrogens is 1. The third-order valence-electron chi connectivity index (χ3n) is 2.97. The standard InChI is InChI=1S/C15H16Br2N2O2/c1-3-7-18-13-9(15(20)21-4-2)8-19-14-11(17)6-5-10(16)12(13)14/h5-6,8H,3-4,7H2,1-2H3,(H,18,19). The van der Waals surface area contributed by atoms with Gasteiger partial charge in [0.25, 0.3) is 0 Å². The second-order valence-corrected chi connectivity index (χ2v) is 6.16. The highest BCUT2D eigenvalue weighted by Crippen LogP contribution is 2.36. The van der Waals surface area contributed by atoms with Crippen molar-refractivity contribution in [2.24, 2.45) is 0 Å². The molecule has 2 rings (SSSR count). The Kier molecular flexibility index (Phi) is 5.58. The van der Waals surface area contributed by atoms with Gasteiger partial charge in [-0.1, -0.05) is 22.9 Å². The van der Waals surface area contributed by atoms with E-state index in [4.69, 9.17) is 4.74 Å². The first kappa shape index (κ1) is 16.2. The van der Waals surface area contributed by atoms with Crippen LogP contribution in [0, 0.1) is 0 Å². The highest BCUT2D eigenvalue weighted by atomic mass is 79.9. The summed E-state index contributed by atoms with van der Waals surface area (Å²) in [7, 11) is 0. The highest BCUT2D eigenvalue weighted by molar-refractivity contribution is 9.11. The smallest absolute Gasteiger partial charge is 0.341 e. The molecule has 1 aromatic carbocycles. The lowest BCUT2D eigenvalue weighted by Crippen LogP contribution is -2.12. The summed E-state index contributed by atoms with van der Waals surface area (Å²) >= 11 is 7.04. The number of hydrogen-bond acceptors (Lipinski definition) is 4. The number of hydrogen-bond donors (Lipinski definition) is 1. The van der Waals surface area contributed by atoms with E-state index in [9.17, 15) is 4.79 Å². The first-order valence-corrected chi connectivity index (χ1v) is 8.36. The third kappa shape index (κ3) is 3.37. The van der Waals surface area contributed by atoms with Crippen molar-refractivity contribution >= 4 is 54.4 Å². The molecule has 0 fully saturated rings. The Morgan fingerprint density at radius 3 is 2.67 bits per heavy atom. The van der Waals surface area contributed by atoms with Crippen molar-refractivity contribution in [2.45, 2.75) is 20.3 Å². The number of halogens is 2. The van der Waals surface area contributed by atoms with Crippen molar-refractivity contribution in [3.05, 3.63) is 32.8 Å². The number of rotatable bonds is 5. The second-order valence-electron chi connectivity index (χ2n) is 4.45. The van der Waals surface area contributed by atoms with Gasteiger partial charge in [-0.3, -0.25) is 4.98 Å². The quantitative estimate of drug-likeness (QED) is 0.715. The van der Waals surface area contributed by atoms with Crippen LogP contribution in [0.3, 0.4) is 0 Å². The van der Waals surface area contributed by atoms with Gasteiger partial charge in [0.15, 0.2) is 0 Å². The summed E-state index contributed by atoms with van der Waals surface area (Å²) in [6.45, 7) is 4.97. The molecule has 2 aromatic rings. The number of carbonyl (C=O) groups is 1. The molecule has 0 aliphatic rings. The van der Waals surface area contributed by atoms with Crippen LogP contribution in [0.4, 0.5) is 5.69 Å². The van der Waals surface area contributed by atoms with Crippen molar-refractivity contribution in [3.63, 3.8) is 0 Å².